The molecule has 1 unspecified atom stereocenters. The first-order valence-corrected chi connectivity index (χ1v) is 15.6. The molecule has 1 spiro atoms. The fourth-order valence-electron chi connectivity index (χ4n) is 6.80. The Morgan fingerprint density at radius 2 is 1.80 bits per heavy atom. The highest BCUT2D eigenvalue weighted by Gasteiger charge is 2.71. The maximum absolute atomic E-state index is 14.4. The van der Waals surface area contributed by atoms with Crippen LogP contribution in [0.2, 0.25) is 0 Å². The van der Waals surface area contributed by atoms with Crippen molar-refractivity contribution in [3.05, 3.63) is 48.6 Å². The minimum Gasteiger partial charge on any atom is -0.494 e. The molecule has 0 radical (unpaired) electrons. The summed E-state index contributed by atoms with van der Waals surface area (Å²) in [5.41, 5.74) is 0.750. The van der Waals surface area contributed by atoms with Crippen molar-refractivity contribution in [1.82, 2.24) is 9.80 Å². The number of amides is 3. The van der Waals surface area contributed by atoms with Crippen molar-refractivity contribution in [2.45, 2.75) is 68.5 Å². The van der Waals surface area contributed by atoms with E-state index in [0.717, 1.165) is 30.7 Å². The lowest BCUT2D eigenvalue weighted by Crippen LogP contribution is -2.56. The summed E-state index contributed by atoms with van der Waals surface area (Å²) in [4.78, 5) is 48.2. The zero-order valence-corrected chi connectivity index (χ0v) is 24.5. The standard InChI is InChI=1S/C31H41N3O5S/c1-4-7-8-17-32-18-10-16-31-26(29(37)34(21(5-2)20-35)27(31)30(32)38)25-24(40-31)11-9-19-33(28(25)36)22-12-14-23(15-13-22)39-6-3/h9-16,21,24-27,35H,4-8,17-20H2,1-3H3/t21-,24+,25-,26-,27?,31-/m0/s1. The molecule has 8 nitrogen and oxygen atoms in total. The Kier molecular flexibility index (Phi) is 8.61. The zero-order valence-electron chi connectivity index (χ0n) is 23.7. The summed E-state index contributed by atoms with van der Waals surface area (Å²) in [6.45, 7) is 7.86. The van der Waals surface area contributed by atoms with Crippen molar-refractivity contribution in [2.24, 2.45) is 11.8 Å². The number of aliphatic hydroxyl groups is 1. The van der Waals surface area contributed by atoms with Crippen LogP contribution in [-0.4, -0.2) is 87.6 Å². The molecule has 1 N–H and O–H groups in total. The second kappa shape index (κ2) is 12.0. The van der Waals surface area contributed by atoms with Crippen molar-refractivity contribution >= 4 is 35.2 Å². The minimum absolute atomic E-state index is 0.0763. The topological polar surface area (TPSA) is 90.4 Å². The molecule has 2 saturated heterocycles. The molecule has 0 aliphatic carbocycles. The highest BCUT2D eigenvalue weighted by atomic mass is 32.2. The smallest absolute Gasteiger partial charge is 0.247 e. The number of thioether (sulfide) groups is 1. The van der Waals surface area contributed by atoms with Crippen LogP contribution in [-0.2, 0) is 14.4 Å². The molecule has 1 aromatic rings. The Labute approximate surface area is 241 Å². The monoisotopic (exact) mass is 567 g/mol. The fourth-order valence-corrected chi connectivity index (χ4v) is 8.80. The van der Waals surface area contributed by atoms with E-state index in [4.69, 9.17) is 4.74 Å². The summed E-state index contributed by atoms with van der Waals surface area (Å²) >= 11 is 1.58. The van der Waals surface area contributed by atoms with Crippen LogP contribution in [0.5, 0.6) is 5.75 Å². The number of ether oxygens (including phenoxy) is 1. The van der Waals surface area contributed by atoms with Crippen molar-refractivity contribution < 1.29 is 24.2 Å². The van der Waals surface area contributed by atoms with Gasteiger partial charge < -0.3 is 24.5 Å². The molecule has 3 amide bonds. The van der Waals surface area contributed by atoms with E-state index in [9.17, 15) is 19.5 Å². The van der Waals surface area contributed by atoms with Gasteiger partial charge in [-0.3, -0.25) is 14.4 Å². The molecule has 0 bridgehead atoms. The van der Waals surface area contributed by atoms with Crippen LogP contribution in [0.4, 0.5) is 5.69 Å². The Morgan fingerprint density at radius 3 is 2.48 bits per heavy atom. The molecule has 4 heterocycles. The van der Waals surface area contributed by atoms with Crippen LogP contribution >= 0.6 is 11.8 Å². The highest BCUT2D eigenvalue weighted by molar-refractivity contribution is 8.02. The SMILES string of the molecule is CCCCCN1CC=C[C@]23S[C@@H]4C=CCN(c5ccc(OCC)cc5)C(=O)[C@@H]4[C@H]2C(=O)N([C@@H](CC)CO)C3C1=O. The zero-order chi connectivity index (χ0) is 28.4. The van der Waals surface area contributed by atoms with Gasteiger partial charge in [0.15, 0.2) is 0 Å². The first-order valence-electron chi connectivity index (χ1n) is 14.7. The van der Waals surface area contributed by atoms with Gasteiger partial charge in [-0.2, -0.15) is 0 Å². The number of benzene rings is 1. The molecule has 0 aromatic heterocycles. The Hall–Kier alpha value is -2.78. The minimum atomic E-state index is -0.868. The number of aliphatic hydroxyl groups excluding tert-OH is 1. The molecule has 6 atom stereocenters. The highest BCUT2D eigenvalue weighted by Crippen LogP contribution is 2.61. The molecule has 216 valence electrons. The quantitative estimate of drug-likeness (QED) is 0.343. The number of nitrogens with zero attached hydrogens (tertiary/aromatic N) is 3. The Bertz CT molecular complexity index is 1170. The number of likely N-dealkylation sites (tertiary alicyclic amines) is 1. The van der Waals surface area contributed by atoms with E-state index >= 15 is 0 Å². The number of unbranched alkanes of at least 4 members (excludes halogenated alkanes) is 2. The van der Waals surface area contributed by atoms with Crippen molar-refractivity contribution in [1.29, 1.82) is 0 Å². The van der Waals surface area contributed by atoms with Gasteiger partial charge in [0.2, 0.25) is 17.7 Å². The van der Waals surface area contributed by atoms with E-state index < -0.39 is 28.7 Å². The Morgan fingerprint density at radius 1 is 1.02 bits per heavy atom. The largest absolute Gasteiger partial charge is 0.494 e. The van der Waals surface area contributed by atoms with Crippen LogP contribution in [0.1, 0.15) is 46.5 Å². The van der Waals surface area contributed by atoms with Gasteiger partial charge in [0.05, 0.1) is 35.8 Å². The number of rotatable bonds is 10. The molecule has 2 fully saturated rings. The van der Waals surface area contributed by atoms with Gasteiger partial charge in [-0.25, -0.2) is 0 Å². The second-order valence-corrected chi connectivity index (χ2v) is 12.5. The van der Waals surface area contributed by atoms with Gasteiger partial charge in [-0.05, 0) is 44.0 Å². The Balaban J connectivity index is 1.54. The average molecular weight is 568 g/mol. The lowest BCUT2D eigenvalue weighted by atomic mass is 9.78. The van der Waals surface area contributed by atoms with Crippen LogP contribution in [0, 0.1) is 11.8 Å². The molecular weight excluding hydrogens is 526 g/mol. The molecule has 40 heavy (non-hydrogen) atoms. The average Bonchev–Trinajstić information content (AvgIpc) is 3.27. The summed E-state index contributed by atoms with van der Waals surface area (Å²) < 4.78 is 4.71. The van der Waals surface area contributed by atoms with Gasteiger partial charge in [0.1, 0.15) is 11.8 Å². The van der Waals surface area contributed by atoms with Gasteiger partial charge >= 0.3 is 0 Å². The van der Waals surface area contributed by atoms with Crippen LogP contribution < -0.4 is 9.64 Å². The van der Waals surface area contributed by atoms with Gasteiger partial charge in [-0.1, -0.05) is 51.0 Å². The van der Waals surface area contributed by atoms with E-state index in [2.05, 4.69) is 13.0 Å². The number of carbonyl (C=O) groups is 3. The molecule has 1 aromatic carbocycles. The molecular formula is C31H41N3O5S. The summed E-state index contributed by atoms with van der Waals surface area (Å²) in [5, 5.41) is 10.1. The van der Waals surface area contributed by atoms with E-state index in [1.807, 2.05) is 61.2 Å². The van der Waals surface area contributed by atoms with Crippen LogP contribution in [0.3, 0.4) is 0 Å². The first kappa shape index (κ1) is 28.7. The number of carbonyl (C=O) groups excluding carboxylic acids is 3. The van der Waals surface area contributed by atoms with Gasteiger partial charge in [0, 0.05) is 30.6 Å². The molecule has 9 heteroatoms. The van der Waals surface area contributed by atoms with E-state index in [1.165, 1.54) is 0 Å². The summed E-state index contributed by atoms with van der Waals surface area (Å²) in [6, 6.07) is 6.24. The van der Waals surface area contributed by atoms with Crippen molar-refractivity contribution in [3.8, 4) is 5.75 Å². The molecule has 4 aliphatic heterocycles. The number of hydrogen-bond acceptors (Lipinski definition) is 6. The van der Waals surface area contributed by atoms with Crippen LogP contribution in [0.15, 0.2) is 48.6 Å². The van der Waals surface area contributed by atoms with Gasteiger partial charge in [0.25, 0.3) is 0 Å². The summed E-state index contributed by atoms with van der Waals surface area (Å²) in [7, 11) is 0. The molecule has 5 rings (SSSR count). The van der Waals surface area contributed by atoms with E-state index in [0.29, 0.717) is 32.7 Å². The predicted octanol–water partition coefficient (Wildman–Crippen LogP) is 3.65. The summed E-state index contributed by atoms with van der Waals surface area (Å²) in [6.07, 6.45) is 11.6. The molecule has 4 aliphatic rings. The predicted molar refractivity (Wildman–Crippen MR) is 157 cm³/mol. The maximum atomic E-state index is 14.4. The normalized spacial score (nSPS) is 30.2. The lowest BCUT2D eigenvalue weighted by Gasteiger charge is -2.38. The third-order valence-corrected chi connectivity index (χ3v) is 10.5. The summed E-state index contributed by atoms with van der Waals surface area (Å²) in [5.74, 6) is -0.950. The first-order chi connectivity index (χ1) is 19.4. The van der Waals surface area contributed by atoms with E-state index in [1.54, 1.807) is 21.6 Å². The van der Waals surface area contributed by atoms with Crippen molar-refractivity contribution in [3.63, 3.8) is 0 Å². The number of hydrogen-bond donors (Lipinski definition) is 1. The fraction of sp³-hybridized carbons (Fsp3) is 0.581. The maximum Gasteiger partial charge on any atom is 0.247 e. The van der Waals surface area contributed by atoms with E-state index in [-0.39, 0.29) is 29.6 Å². The van der Waals surface area contributed by atoms with Crippen LogP contribution in [0.25, 0.3) is 0 Å². The lowest BCUT2D eigenvalue weighted by molar-refractivity contribution is -0.145. The van der Waals surface area contributed by atoms with Crippen molar-refractivity contribution in [2.75, 3.05) is 37.7 Å². The number of fused-ring (bicyclic) bond motifs is 2. The third kappa shape index (κ3) is 4.75. The number of anilines is 1. The van der Waals surface area contributed by atoms with Gasteiger partial charge in [-0.15, -0.1) is 11.8 Å². The second-order valence-electron chi connectivity index (χ2n) is 11.0. The molecule has 0 saturated carbocycles. The third-order valence-electron chi connectivity index (χ3n) is 8.75.